The highest BCUT2D eigenvalue weighted by Crippen LogP contribution is 2.31. The molecule has 1 aromatic carbocycles. The summed E-state index contributed by atoms with van der Waals surface area (Å²) in [6.07, 6.45) is 4.98. The van der Waals surface area contributed by atoms with Crippen molar-refractivity contribution in [2.45, 2.75) is 6.04 Å². The average molecular weight is 366 g/mol. The minimum absolute atomic E-state index is 0.114. The van der Waals surface area contributed by atoms with Crippen molar-refractivity contribution < 1.29 is 9.31 Å². The number of halogens is 1. The third kappa shape index (κ3) is 2.99. The van der Waals surface area contributed by atoms with E-state index in [0.717, 1.165) is 0 Å². The Balaban J connectivity index is 1.84. The molecule has 0 spiro atoms. The number of rotatable bonds is 5. The van der Waals surface area contributed by atoms with Crippen molar-refractivity contribution in [2.75, 3.05) is 5.32 Å². The highest BCUT2D eigenvalue weighted by molar-refractivity contribution is 5.63. The predicted octanol–water partition coefficient (Wildman–Crippen LogP) is 3.32. The summed E-state index contributed by atoms with van der Waals surface area (Å²) in [5, 5.41) is 14.8. The standard InChI is InChI=1S/C18H15FN6O2/c1-23-11-9-20-17(23)15(12-5-7-13(19)8-6-12)22-16-18(25(26)27)24-10-3-2-4-14(24)21-16/h2-11,15,22H,1H3/t15-/m0/s1. The number of benzene rings is 1. The second-order valence-electron chi connectivity index (χ2n) is 6.00. The fraction of sp³-hybridized carbons (Fsp3) is 0.111. The van der Waals surface area contributed by atoms with Crippen LogP contribution in [0.2, 0.25) is 0 Å². The van der Waals surface area contributed by atoms with Crippen LogP contribution in [0.1, 0.15) is 17.4 Å². The quantitative estimate of drug-likeness (QED) is 0.432. The van der Waals surface area contributed by atoms with Gasteiger partial charge in [0.15, 0.2) is 0 Å². The van der Waals surface area contributed by atoms with Crippen molar-refractivity contribution in [3.8, 4) is 0 Å². The fourth-order valence-corrected chi connectivity index (χ4v) is 3.00. The third-order valence-corrected chi connectivity index (χ3v) is 4.28. The molecular formula is C18H15FN6O2. The third-order valence-electron chi connectivity index (χ3n) is 4.28. The fourth-order valence-electron chi connectivity index (χ4n) is 3.00. The predicted molar refractivity (Wildman–Crippen MR) is 96.9 cm³/mol. The summed E-state index contributed by atoms with van der Waals surface area (Å²) >= 11 is 0. The van der Waals surface area contributed by atoms with Gasteiger partial charge < -0.3 is 20.0 Å². The van der Waals surface area contributed by atoms with Gasteiger partial charge in [0.1, 0.15) is 17.7 Å². The highest BCUT2D eigenvalue weighted by Gasteiger charge is 2.27. The van der Waals surface area contributed by atoms with Gasteiger partial charge in [-0.15, -0.1) is 0 Å². The Labute approximate surface area is 153 Å². The molecule has 0 radical (unpaired) electrons. The summed E-state index contributed by atoms with van der Waals surface area (Å²) in [6, 6.07) is 10.5. The molecule has 9 heteroatoms. The molecule has 3 aromatic heterocycles. The maximum absolute atomic E-state index is 13.4. The van der Waals surface area contributed by atoms with Gasteiger partial charge in [-0.1, -0.05) is 18.2 Å². The maximum Gasteiger partial charge on any atom is 0.372 e. The lowest BCUT2D eigenvalue weighted by molar-refractivity contribution is -0.389. The number of nitrogens with one attached hydrogen (secondary N) is 1. The smallest absolute Gasteiger partial charge is 0.358 e. The Hall–Kier alpha value is -3.75. The van der Waals surface area contributed by atoms with Crippen molar-refractivity contribution in [1.82, 2.24) is 18.9 Å². The number of aromatic nitrogens is 4. The summed E-state index contributed by atoms with van der Waals surface area (Å²) in [7, 11) is 1.82. The zero-order valence-electron chi connectivity index (χ0n) is 14.3. The minimum Gasteiger partial charge on any atom is -0.358 e. The van der Waals surface area contributed by atoms with Crippen LogP contribution in [0.25, 0.3) is 5.65 Å². The summed E-state index contributed by atoms with van der Waals surface area (Å²) in [4.78, 5) is 19.9. The number of hydrogen-bond acceptors (Lipinski definition) is 5. The number of pyridine rings is 1. The van der Waals surface area contributed by atoms with Gasteiger partial charge in [-0.3, -0.25) is 0 Å². The summed E-state index contributed by atoms with van der Waals surface area (Å²) in [6.45, 7) is 0. The van der Waals surface area contributed by atoms with Crippen LogP contribution in [0.3, 0.4) is 0 Å². The van der Waals surface area contributed by atoms with Gasteiger partial charge in [-0.2, -0.15) is 9.38 Å². The first-order valence-electron chi connectivity index (χ1n) is 8.15. The van der Waals surface area contributed by atoms with Gasteiger partial charge in [0.2, 0.25) is 11.5 Å². The molecule has 4 aromatic rings. The van der Waals surface area contributed by atoms with Crippen LogP contribution in [0.5, 0.6) is 0 Å². The second-order valence-corrected chi connectivity index (χ2v) is 6.00. The lowest BCUT2D eigenvalue weighted by Gasteiger charge is -2.18. The van der Waals surface area contributed by atoms with Crippen molar-refractivity contribution in [3.63, 3.8) is 0 Å². The molecule has 3 heterocycles. The number of aryl methyl sites for hydroxylation is 1. The zero-order valence-corrected chi connectivity index (χ0v) is 14.3. The molecule has 27 heavy (non-hydrogen) atoms. The van der Waals surface area contributed by atoms with E-state index in [1.807, 2.05) is 7.05 Å². The molecule has 1 atom stereocenters. The van der Waals surface area contributed by atoms with Crippen molar-refractivity contribution in [1.29, 1.82) is 0 Å². The molecule has 0 aliphatic heterocycles. The van der Waals surface area contributed by atoms with E-state index in [2.05, 4.69) is 15.3 Å². The first kappa shape index (κ1) is 16.7. The summed E-state index contributed by atoms with van der Waals surface area (Å²) in [5.74, 6) is 0.194. The van der Waals surface area contributed by atoms with Crippen molar-refractivity contribution >= 4 is 17.3 Å². The van der Waals surface area contributed by atoms with Crippen molar-refractivity contribution in [3.05, 3.63) is 88.4 Å². The molecule has 0 aliphatic rings. The van der Waals surface area contributed by atoms with E-state index in [4.69, 9.17) is 0 Å². The van der Waals surface area contributed by atoms with Crippen LogP contribution in [0.4, 0.5) is 16.0 Å². The largest absolute Gasteiger partial charge is 0.372 e. The van der Waals surface area contributed by atoms with Crippen LogP contribution in [-0.2, 0) is 7.05 Å². The number of nitrogens with zero attached hydrogens (tertiary/aromatic N) is 5. The number of nitro groups is 1. The molecule has 1 N–H and O–H groups in total. The van der Waals surface area contributed by atoms with E-state index in [1.165, 1.54) is 16.5 Å². The Morgan fingerprint density at radius 3 is 2.63 bits per heavy atom. The van der Waals surface area contributed by atoms with Gasteiger partial charge in [-0.05, 0) is 28.7 Å². The van der Waals surface area contributed by atoms with Crippen LogP contribution in [-0.4, -0.2) is 23.9 Å². The second kappa shape index (κ2) is 6.52. The molecule has 0 saturated carbocycles. The molecule has 4 rings (SSSR count). The molecule has 0 aliphatic carbocycles. The van der Waals surface area contributed by atoms with Crippen molar-refractivity contribution in [2.24, 2.45) is 7.05 Å². The van der Waals surface area contributed by atoms with E-state index in [-0.39, 0.29) is 17.5 Å². The number of imidazole rings is 2. The Bertz CT molecular complexity index is 1120. The molecule has 136 valence electrons. The first-order valence-corrected chi connectivity index (χ1v) is 8.15. The molecule has 0 saturated heterocycles. The Morgan fingerprint density at radius 1 is 1.19 bits per heavy atom. The van der Waals surface area contributed by atoms with Gasteiger partial charge in [0.05, 0.1) is 6.20 Å². The van der Waals surface area contributed by atoms with E-state index in [9.17, 15) is 14.5 Å². The van der Waals surface area contributed by atoms with E-state index >= 15 is 0 Å². The van der Waals surface area contributed by atoms with Crippen LogP contribution < -0.4 is 5.32 Å². The maximum atomic E-state index is 13.4. The van der Waals surface area contributed by atoms with Gasteiger partial charge in [0, 0.05) is 25.5 Å². The number of anilines is 1. The lowest BCUT2D eigenvalue weighted by Crippen LogP contribution is -2.17. The van der Waals surface area contributed by atoms with E-state index in [1.54, 1.807) is 53.5 Å². The van der Waals surface area contributed by atoms with Crippen LogP contribution in [0.15, 0.2) is 61.1 Å². The zero-order chi connectivity index (χ0) is 19.0. The van der Waals surface area contributed by atoms with E-state index in [0.29, 0.717) is 17.0 Å². The molecule has 0 unspecified atom stereocenters. The normalized spacial score (nSPS) is 12.2. The molecule has 0 fully saturated rings. The SMILES string of the molecule is Cn1ccnc1[C@@H](Nc1nc2ccccn2c1[N+](=O)[O-])c1ccc(F)cc1. The Kier molecular flexibility index (Phi) is 4.03. The number of hydrogen-bond donors (Lipinski definition) is 1. The highest BCUT2D eigenvalue weighted by atomic mass is 19.1. The number of fused-ring (bicyclic) bond motifs is 1. The Morgan fingerprint density at radius 2 is 1.96 bits per heavy atom. The van der Waals surface area contributed by atoms with Gasteiger partial charge in [0.25, 0.3) is 0 Å². The van der Waals surface area contributed by atoms with Crippen LogP contribution in [0, 0.1) is 15.9 Å². The lowest BCUT2D eigenvalue weighted by atomic mass is 10.1. The average Bonchev–Trinajstić information content (AvgIpc) is 3.23. The summed E-state index contributed by atoms with van der Waals surface area (Å²) < 4.78 is 16.6. The molecular weight excluding hydrogens is 351 g/mol. The molecule has 8 nitrogen and oxygen atoms in total. The topological polar surface area (TPSA) is 90.3 Å². The monoisotopic (exact) mass is 366 g/mol. The first-order chi connectivity index (χ1) is 13.0. The molecule has 0 bridgehead atoms. The van der Waals surface area contributed by atoms with Gasteiger partial charge >= 0.3 is 5.82 Å². The van der Waals surface area contributed by atoms with E-state index < -0.39 is 11.0 Å². The van der Waals surface area contributed by atoms with Gasteiger partial charge in [-0.25, -0.2) is 9.37 Å². The van der Waals surface area contributed by atoms with Crippen LogP contribution >= 0.6 is 0 Å². The molecule has 0 amide bonds. The summed E-state index contributed by atoms with van der Waals surface area (Å²) in [5.41, 5.74) is 1.15. The minimum atomic E-state index is -0.547.